The number of benzene rings is 2. The van der Waals surface area contributed by atoms with E-state index < -0.39 is 18.0 Å². The van der Waals surface area contributed by atoms with E-state index in [4.69, 9.17) is 9.84 Å². The van der Waals surface area contributed by atoms with Crippen LogP contribution in [0.1, 0.15) is 36.3 Å². The van der Waals surface area contributed by atoms with Crippen molar-refractivity contribution in [2.75, 3.05) is 26.2 Å². The summed E-state index contributed by atoms with van der Waals surface area (Å²) in [5, 5.41) is 11.9. The second kappa shape index (κ2) is 10.5. The maximum absolute atomic E-state index is 13.1. The zero-order valence-corrected chi connectivity index (χ0v) is 19.1. The molecule has 2 aromatic rings. The number of aliphatic carboxylic acids is 1. The van der Waals surface area contributed by atoms with Gasteiger partial charge in [0.25, 0.3) is 0 Å². The van der Waals surface area contributed by atoms with Crippen molar-refractivity contribution in [3.8, 4) is 11.1 Å². The number of amides is 2. The lowest BCUT2D eigenvalue weighted by Gasteiger charge is -2.35. The topological polar surface area (TPSA) is 95.9 Å². The van der Waals surface area contributed by atoms with Crippen LogP contribution in [0.15, 0.2) is 61.2 Å². The van der Waals surface area contributed by atoms with Crippen LogP contribution in [0.5, 0.6) is 0 Å². The van der Waals surface area contributed by atoms with Gasteiger partial charge in [-0.2, -0.15) is 0 Å². The highest BCUT2D eigenvalue weighted by Crippen LogP contribution is 2.44. The average molecular weight is 463 g/mol. The lowest BCUT2D eigenvalue weighted by atomic mass is 9.75. The summed E-state index contributed by atoms with van der Waals surface area (Å²) in [5.74, 6) is -1.74. The van der Waals surface area contributed by atoms with Crippen molar-refractivity contribution in [2.24, 2.45) is 11.8 Å². The van der Waals surface area contributed by atoms with Crippen LogP contribution in [-0.2, 0) is 14.3 Å². The van der Waals surface area contributed by atoms with Crippen LogP contribution in [0.3, 0.4) is 0 Å². The number of hydrogen-bond donors (Lipinski definition) is 2. The molecule has 0 saturated heterocycles. The summed E-state index contributed by atoms with van der Waals surface area (Å²) in [4.78, 5) is 38.1. The summed E-state index contributed by atoms with van der Waals surface area (Å²) in [6, 6.07) is 16.3. The molecule has 0 spiro atoms. The number of carboxylic acids is 1. The molecule has 7 nitrogen and oxygen atoms in total. The van der Waals surface area contributed by atoms with Gasteiger partial charge in [0.15, 0.2) is 0 Å². The monoisotopic (exact) mass is 462 g/mol. The van der Waals surface area contributed by atoms with Crippen LogP contribution in [0.4, 0.5) is 4.79 Å². The second-order valence-electron chi connectivity index (χ2n) is 8.91. The van der Waals surface area contributed by atoms with Crippen LogP contribution in [0.25, 0.3) is 11.1 Å². The number of carboxylic acid groups (broad SMARTS) is 1. The first-order valence-corrected chi connectivity index (χ1v) is 11.7. The number of nitrogens with one attached hydrogen (secondary N) is 1. The first-order valence-electron chi connectivity index (χ1n) is 11.7. The van der Waals surface area contributed by atoms with E-state index in [1.807, 2.05) is 24.3 Å². The molecule has 2 aliphatic carbocycles. The van der Waals surface area contributed by atoms with E-state index in [1.54, 1.807) is 0 Å². The van der Waals surface area contributed by atoms with Gasteiger partial charge in [0.2, 0.25) is 5.91 Å². The Bertz CT molecular complexity index is 1030. The standard InChI is InChI=1S/C27H30N2O5/c1-2-14-29(16-25(30)31)26(32)23(18-8-7-9-18)15-28-27(33)34-17-24-21-12-5-3-10-19(21)20-11-4-6-13-22(20)24/h2-6,10-13,18,23-24H,1,7-9,14-17H2,(H,28,33)(H,30,31). The van der Waals surface area contributed by atoms with Crippen LogP contribution >= 0.6 is 0 Å². The summed E-state index contributed by atoms with van der Waals surface area (Å²) in [5.41, 5.74) is 4.58. The minimum atomic E-state index is -1.08. The third-order valence-electron chi connectivity index (χ3n) is 6.83. The molecule has 2 N–H and O–H groups in total. The van der Waals surface area contributed by atoms with Gasteiger partial charge >= 0.3 is 12.1 Å². The normalized spacial score (nSPS) is 15.4. The first kappa shape index (κ1) is 23.5. The maximum atomic E-state index is 13.1. The highest BCUT2D eigenvalue weighted by Gasteiger charge is 2.36. The molecule has 7 heteroatoms. The van der Waals surface area contributed by atoms with Crippen molar-refractivity contribution in [3.05, 3.63) is 72.3 Å². The molecule has 0 radical (unpaired) electrons. The molecule has 0 heterocycles. The van der Waals surface area contributed by atoms with Crippen molar-refractivity contribution < 1.29 is 24.2 Å². The van der Waals surface area contributed by atoms with Gasteiger partial charge < -0.3 is 20.1 Å². The Morgan fingerprint density at radius 3 is 2.24 bits per heavy atom. The Balaban J connectivity index is 1.38. The molecule has 34 heavy (non-hydrogen) atoms. The van der Waals surface area contributed by atoms with E-state index in [2.05, 4.69) is 36.2 Å². The fourth-order valence-electron chi connectivity index (χ4n) is 4.93. The van der Waals surface area contributed by atoms with Crippen LogP contribution < -0.4 is 5.32 Å². The predicted octanol–water partition coefficient (Wildman–Crippen LogP) is 4.04. The summed E-state index contributed by atoms with van der Waals surface area (Å²) in [6.07, 6.45) is 3.74. The van der Waals surface area contributed by atoms with Crippen molar-refractivity contribution in [2.45, 2.75) is 25.2 Å². The van der Waals surface area contributed by atoms with Crippen molar-refractivity contribution in [3.63, 3.8) is 0 Å². The number of fused-ring (bicyclic) bond motifs is 3. The number of ether oxygens (including phenoxy) is 1. The second-order valence-corrected chi connectivity index (χ2v) is 8.91. The van der Waals surface area contributed by atoms with Gasteiger partial charge in [-0.15, -0.1) is 6.58 Å². The molecule has 178 valence electrons. The number of hydrogen-bond acceptors (Lipinski definition) is 4. The molecule has 2 amide bonds. The molecule has 2 aliphatic rings. The Morgan fingerprint density at radius 2 is 1.71 bits per heavy atom. The van der Waals surface area contributed by atoms with E-state index in [9.17, 15) is 14.4 Å². The number of nitrogens with zero attached hydrogens (tertiary/aromatic N) is 1. The van der Waals surface area contributed by atoms with Crippen LogP contribution in [0.2, 0.25) is 0 Å². The quantitative estimate of drug-likeness (QED) is 0.520. The van der Waals surface area contributed by atoms with E-state index in [0.717, 1.165) is 41.5 Å². The molecule has 0 aliphatic heterocycles. The Kier molecular flexibility index (Phi) is 7.30. The van der Waals surface area contributed by atoms with Gasteiger partial charge in [-0.05, 0) is 41.0 Å². The van der Waals surface area contributed by atoms with Crippen LogP contribution in [0, 0.1) is 11.8 Å². The largest absolute Gasteiger partial charge is 0.480 e. The smallest absolute Gasteiger partial charge is 0.407 e. The molecule has 0 bridgehead atoms. The molecule has 1 saturated carbocycles. The summed E-state index contributed by atoms with van der Waals surface area (Å²) >= 11 is 0. The van der Waals surface area contributed by atoms with Gasteiger partial charge in [0, 0.05) is 19.0 Å². The third-order valence-corrected chi connectivity index (χ3v) is 6.83. The number of carbonyl (C=O) groups is 3. The lowest BCUT2D eigenvalue weighted by molar-refractivity contribution is -0.147. The van der Waals surface area contributed by atoms with Gasteiger partial charge in [0.05, 0.1) is 5.92 Å². The lowest BCUT2D eigenvalue weighted by Crippen LogP contribution is -2.47. The van der Waals surface area contributed by atoms with Gasteiger partial charge in [0.1, 0.15) is 13.2 Å². The molecular weight excluding hydrogens is 432 g/mol. The SMILES string of the molecule is C=CCN(CC(=O)O)C(=O)C(CNC(=O)OCC1c2ccccc2-c2ccccc21)C1CCC1. The van der Waals surface area contributed by atoms with E-state index in [1.165, 1.54) is 11.0 Å². The molecule has 1 fully saturated rings. The first-order chi connectivity index (χ1) is 16.5. The number of rotatable bonds is 10. The summed E-state index contributed by atoms with van der Waals surface area (Å²) in [7, 11) is 0. The number of carbonyl (C=O) groups excluding carboxylic acids is 2. The summed E-state index contributed by atoms with van der Waals surface area (Å²) < 4.78 is 5.59. The summed E-state index contributed by atoms with van der Waals surface area (Å²) in [6.45, 7) is 3.70. The molecular formula is C27H30N2O5. The minimum Gasteiger partial charge on any atom is -0.480 e. The van der Waals surface area contributed by atoms with Crippen LogP contribution in [-0.4, -0.2) is 54.2 Å². The van der Waals surface area contributed by atoms with Gasteiger partial charge in [-0.3, -0.25) is 9.59 Å². The number of alkyl carbamates (subject to hydrolysis) is 1. The van der Waals surface area contributed by atoms with E-state index >= 15 is 0 Å². The average Bonchev–Trinajstić information content (AvgIpc) is 3.12. The van der Waals surface area contributed by atoms with E-state index in [-0.39, 0.29) is 44.0 Å². The Hall–Kier alpha value is -3.61. The van der Waals surface area contributed by atoms with Crippen molar-refractivity contribution in [1.29, 1.82) is 0 Å². The zero-order chi connectivity index (χ0) is 24.1. The minimum absolute atomic E-state index is 0.0409. The Labute approximate surface area is 199 Å². The fraction of sp³-hybridized carbons (Fsp3) is 0.370. The molecule has 1 atom stereocenters. The molecule has 2 aromatic carbocycles. The Morgan fingerprint density at radius 1 is 1.09 bits per heavy atom. The molecule has 1 unspecified atom stereocenters. The van der Waals surface area contributed by atoms with Gasteiger partial charge in [-0.1, -0.05) is 61.0 Å². The molecule has 0 aromatic heterocycles. The highest BCUT2D eigenvalue weighted by molar-refractivity contribution is 5.84. The zero-order valence-electron chi connectivity index (χ0n) is 19.1. The third kappa shape index (κ3) is 4.98. The van der Waals surface area contributed by atoms with Crippen molar-refractivity contribution >= 4 is 18.0 Å². The highest BCUT2D eigenvalue weighted by atomic mass is 16.5. The van der Waals surface area contributed by atoms with E-state index in [0.29, 0.717) is 0 Å². The predicted molar refractivity (Wildman–Crippen MR) is 128 cm³/mol. The maximum Gasteiger partial charge on any atom is 0.407 e. The fourth-order valence-corrected chi connectivity index (χ4v) is 4.93. The van der Waals surface area contributed by atoms with Crippen molar-refractivity contribution in [1.82, 2.24) is 10.2 Å². The molecule has 4 rings (SSSR count). The van der Waals surface area contributed by atoms with Gasteiger partial charge in [-0.25, -0.2) is 4.79 Å².